The Morgan fingerprint density at radius 1 is 1.38 bits per heavy atom. The molecule has 4 rings (SSSR count). The first-order valence-electron chi connectivity index (χ1n) is 10.2. The van der Waals surface area contributed by atoms with Crippen LogP contribution in [0.4, 0.5) is 22.0 Å². The Labute approximate surface area is 195 Å². The maximum absolute atomic E-state index is 12.5. The molecule has 8 nitrogen and oxygen atoms in total. The van der Waals surface area contributed by atoms with Crippen molar-refractivity contribution in [1.29, 1.82) is 5.41 Å². The lowest BCUT2D eigenvalue weighted by Gasteiger charge is -2.30. The Hall–Kier alpha value is -2.85. The zero-order valence-corrected chi connectivity index (χ0v) is 20.1. The minimum Gasteiger partial charge on any atom is -0.444 e. The number of nitrogens with two attached hydrogens (primary N) is 1. The molecule has 0 aliphatic carbocycles. The summed E-state index contributed by atoms with van der Waals surface area (Å²) in [4.78, 5) is 26.2. The van der Waals surface area contributed by atoms with Crippen LogP contribution < -0.4 is 11.1 Å². The van der Waals surface area contributed by atoms with Crippen LogP contribution in [0.2, 0.25) is 0 Å². The summed E-state index contributed by atoms with van der Waals surface area (Å²) in [6, 6.07) is 3.73. The summed E-state index contributed by atoms with van der Waals surface area (Å²) >= 11 is 3.16. The van der Waals surface area contributed by atoms with Crippen molar-refractivity contribution in [3.63, 3.8) is 0 Å². The number of thiophene rings is 1. The SMILES string of the molecule is CSc1cc(N)c(C=N)cc1Nc1ncnc2sc3c(c12)CCN(C(=O)OC(C)(C)C)C3. The van der Waals surface area contributed by atoms with Crippen molar-refractivity contribution in [3.8, 4) is 0 Å². The predicted molar refractivity (Wildman–Crippen MR) is 132 cm³/mol. The molecule has 0 radical (unpaired) electrons. The molecule has 1 amide bonds. The van der Waals surface area contributed by atoms with Gasteiger partial charge in [-0.2, -0.15) is 0 Å². The standard InChI is InChI=1S/C22H26N6O2S2/c1-22(2,3)30-21(29)28-6-5-13-17(10-28)32-20-18(13)19(25-11-26-20)27-15-7-12(9-23)14(24)8-16(15)31-4/h7-9,11,23H,5-6,10,24H2,1-4H3,(H,25,26,27). The van der Waals surface area contributed by atoms with Gasteiger partial charge in [-0.25, -0.2) is 14.8 Å². The third-order valence-electron chi connectivity index (χ3n) is 5.10. The van der Waals surface area contributed by atoms with Crippen molar-refractivity contribution < 1.29 is 9.53 Å². The van der Waals surface area contributed by atoms with Crippen LogP contribution in [0.1, 0.15) is 36.8 Å². The molecule has 0 atom stereocenters. The molecule has 3 aromatic rings. The third-order valence-corrected chi connectivity index (χ3v) is 7.00. The first-order chi connectivity index (χ1) is 15.2. The molecule has 1 aromatic carbocycles. The second-order valence-corrected chi connectivity index (χ2v) is 10.4. The first kappa shape index (κ1) is 22.3. The van der Waals surface area contributed by atoms with Crippen LogP contribution in [0.3, 0.4) is 0 Å². The smallest absolute Gasteiger partial charge is 0.410 e. The number of anilines is 3. The molecule has 4 N–H and O–H groups in total. The normalized spacial score (nSPS) is 13.7. The molecule has 1 aliphatic rings. The number of thioether (sulfide) groups is 1. The minimum atomic E-state index is -0.524. The molecule has 32 heavy (non-hydrogen) atoms. The highest BCUT2D eigenvalue weighted by molar-refractivity contribution is 7.98. The van der Waals surface area contributed by atoms with Crippen LogP contribution in [-0.4, -0.2) is 45.6 Å². The van der Waals surface area contributed by atoms with E-state index >= 15 is 0 Å². The average Bonchev–Trinajstić information content (AvgIpc) is 3.12. The highest BCUT2D eigenvalue weighted by atomic mass is 32.2. The van der Waals surface area contributed by atoms with Crippen LogP contribution in [0, 0.1) is 5.41 Å². The fourth-order valence-corrected chi connectivity index (χ4v) is 5.41. The molecule has 1 aliphatic heterocycles. The summed E-state index contributed by atoms with van der Waals surface area (Å²) in [6.45, 7) is 6.70. The lowest BCUT2D eigenvalue weighted by Crippen LogP contribution is -2.39. The monoisotopic (exact) mass is 470 g/mol. The third kappa shape index (κ3) is 4.37. The Kier molecular flexibility index (Phi) is 6.00. The number of rotatable bonds is 4. The van der Waals surface area contributed by atoms with Crippen molar-refractivity contribution in [3.05, 3.63) is 34.5 Å². The minimum absolute atomic E-state index is 0.296. The van der Waals surface area contributed by atoms with E-state index in [-0.39, 0.29) is 6.09 Å². The maximum Gasteiger partial charge on any atom is 0.410 e. The number of carbonyl (C=O) groups excluding carboxylic acids is 1. The van der Waals surface area contributed by atoms with E-state index < -0.39 is 5.60 Å². The summed E-state index contributed by atoms with van der Waals surface area (Å²) in [5.41, 5.74) is 8.76. The van der Waals surface area contributed by atoms with Crippen molar-refractivity contribution in [2.45, 2.75) is 44.2 Å². The fraction of sp³-hybridized carbons (Fsp3) is 0.364. The van der Waals surface area contributed by atoms with Gasteiger partial charge in [0.2, 0.25) is 0 Å². The molecule has 0 bridgehead atoms. The van der Waals surface area contributed by atoms with Crippen LogP contribution in [0.15, 0.2) is 23.4 Å². The number of hydrogen-bond acceptors (Lipinski definition) is 9. The average molecular weight is 471 g/mol. The van der Waals surface area contributed by atoms with Gasteiger partial charge in [-0.15, -0.1) is 23.1 Å². The van der Waals surface area contributed by atoms with E-state index in [2.05, 4.69) is 15.3 Å². The van der Waals surface area contributed by atoms with Crippen LogP contribution >= 0.6 is 23.1 Å². The maximum atomic E-state index is 12.5. The van der Waals surface area contributed by atoms with E-state index in [0.29, 0.717) is 36.6 Å². The van der Waals surface area contributed by atoms with E-state index in [1.54, 1.807) is 34.3 Å². The number of nitrogens with one attached hydrogen (secondary N) is 2. The second kappa shape index (κ2) is 8.59. The quantitative estimate of drug-likeness (QED) is 0.278. The van der Waals surface area contributed by atoms with Crippen LogP contribution in [0.25, 0.3) is 10.2 Å². The number of nitrogen functional groups attached to an aromatic ring is 1. The molecule has 0 spiro atoms. The van der Waals surface area contributed by atoms with E-state index in [1.165, 1.54) is 11.8 Å². The summed E-state index contributed by atoms with van der Waals surface area (Å²) in [5.74, 6) is 0.717. The number of amides is 1. The molecular weight excluding hydrogens is 444 g/mol. The number of carbonyl (C=O) groups is 1. The number of ether oxygens (including phenoxy) is 1. The lowest BCUT2D eigenvalue weighted by molar-refractivity contribution is 0.0227. The summed E-state index contributed by atoms with van der Waals surface area (Å²) in [7, 11) is 0. The van der Waals surface area contributed by atoms with Crippen LogP contribution in [-0.2, 0) is 17.7 Å². The summed E-state index contributed by atoms with van der Waals surface area (Å²) in [5, 5.41) is 12.0. The number of fused-ring (bicyclic) bond motifs is 3. The number of aromatic nitrogens is 2. The van der Waals surface area contributed by atoms with Gasteiger partial charge in [0.15, 0.2) is 0 Å². The van der Waals surface area contributed by atoms with Crippen molar-refractivity contribution >= 4 is 62.8 Å². The predicted octanol–water partition coefficient (Wildman–Crippen LogP) is 5.03. The van der Waals surface area contributed by atoms with Gasteiger partial charge in [-0.3, -0.25) is 0 Å². The van der Waals surface area contributed by atoms with Gasteiger partial charge >= 0.3 is 6.09 Å². The number of nitrogens with zero attached hydrogens (tertiary/aromatic N) is 3. The summed E-state index contributed by atoms with van der Waals surface area (Å²) in [6.07, 6.45) is 5.19. The molecule has 10 heteroatoms. The van der Waals surface area contributed by atoms with E-state index in [9.17, 15) is 4.79 Å². The fourth-order valence-electron chi connectivity index (χ4n) is 3.64. The van der Waals surface area contributed by atoms with E-state index in [1.807, 2.05) is 39.2 Å². The first-order valence-corrected chi connectivity index (χ1v) is 12.2. The molecule has 0 unspecified atom stereocenters. The molecule has 0 saturated carbocycles. The Bertz CT molecular complexity index is 1200. The molecule has 2 aromatic heterocycles. The highest BCUT2D eigenvalue weighted by Gasteiger charge is 2.29. The van der Waals surface area contributed by atoms with Gasteiger partial charge in [-0.1, -0.05) is 0 Å². The van der Waals surface area contributed by atoms with E-state index in [0.717, 1.165) is 25.7 Å². The zero-order valence-electron chi connectivity index (χ0n) is 18.5. The molecule has 168 valence electrons. The van der Waals surface area contributed by atoms with Crippen molar-refractivity contribution in [2.75, 3.05) is 23.9 Å². The molecule has 0 saturated heterocycles. The molecule has 0 fully saturated rings. The van der Waals surface area contributed by atoms with Gasteiger partial charge in [-0.05, 0) is 51.1 Å². The van der Waals surface area contributed by atoms with E-state index in [4.69, 9.17) is 15.9 Å². The topological polar surface area (TPSA) is 117 Å². The highest BCUT2D eigenvalue weighted by Crippen LogP contribution is 2.40. The van der Waals surface area contributed by atoms with Gasteiger partial charge in [0.25, 0.3) is 0 Å². The van der Waals surface area contributed by atoms with Gasteiger partial charge in [0, 0.05) is 33.8 Å². The van der Waals surface area contributed by atoms with Gasteiger partial charge in [0.05, 0.1) is 17.6 Å². The van der Waals surface area contributed by atoms with Crippen LogP contribution in [0.5, 0.6) is 0 Å². The summed E-state index contributed by atoms with van der Waals surface area (Å²) < 4.78 is 5.55. The second-order valence-electron chi connectivity index (χ2n) is 8.51. The molecule has 3 heterocycles. The number of benzene rings is 1. The van der Waals surface area contributed by atoms with Gasteiger partial charge < -0.3 is 26.1 Å². The number of hydrogen-bond donors (Lipinski definition) is 3. The Balaban J connectivity index is 1.69. The van der Waals surface area contributed by atoms with Gasteiger partial charge in [0.1, 0.15) is 22.6 Å². The Morgan fingerprint density at radius 3 is 2.84 bits per heavy atom. The molecular formula is C22H26N6O2S2. The lowest BCUT2D eigenvalue weighted by atomic mass is 10.1. The van der Waals surface area contributed by atoms with Crippen molar-refractivity contribution in [2.24, 2.45) is 0 Å². The zero-order chi connectivity index (χ0) is 23.0. The largest absolute Gasteiger partial charge is 0.444 e. The Morgan fingerprint density at radius 2 is 2.16 bits per heavy atom. The van der Waals surface area contributed by atoms with Crippen molar-refractivity contribution in [1.82, 2.24) is 14.9 Å².